The quantitative estimate of drug-likeness (QED) is 0.626. The van der Waals surface area contributed by atoms with Gasteiger partial charge in [0.15, 0.2) is 6.04 Å². The molecule has 1 atom stereocenters. The van der Waals surface area contributed by atoms with E-state index >= 15 is 0 Å². The summed E-state index contributed by atoms with van der Waals surface area (Å²) in [6, 6.07) is 5.07. The smallest absolute Gasteiger partial charge is 0.330 e. The van der Waals surface area contributed by atoms with Crippen LogP contribution in [-0.2, 0) is 14.3 Å². The van der Waals surface area contributed by atoms with Gasteiger partial charge in [0.2, 0.25) is 5.91 Å². The zero-order chi connectivity index (χ0) is 15.8. The van der Waals surface area contributed by atoms with E-state index in [9.17, 15) is 14.4 Å². The summed E-state index contributed by atoms with van der Waals surface area (Å²) >= 11 is 5.75. The Morgan fingerprint density at radius 3 is 2.67 bits per heavy atom. The number of ether oxygens (including phenoxy) is 1. The maximum atomic E-state index is 11.8. The fourth-order valence-electron chi connectivity index (χ4n) is 1.46. The molecular formula is C13H15ClN2O5. The van der Waals surface area contributed by atoms with Gasteiger partial charge in [0.25, 0.3) is 5.91 Å². The van der Waals surface area contributed by atoms with Gasteiger partial charge in [0.1, 0.15) is 0 Å². The van der Waals surface area contributed by atoms with Gasteiger partial charge in [-0.15, -0.1) is 0 Å². The molecule has 0 heterocycles. The zero-order valence-electron chi connectivity index (χ0n) is 11.3. The minimum atomic E-state index is -1.16. The number of carbonyl (C=O) groups excluding carboxylic acids is 3. The highest BCUT2D eigenvalue weighted by molar-refractivity contribution is 6.30. The predicted molar refractivity (Wildman–Crippen MR) is 74.8 cm³/mol. The molecule has 0 aliphatic heterocycles. The largest absolute Gasteiger partial charge is 0.467 e. The number of benzene rings is 1. The van der Waals surface area contributed by atoms with Gasteiger partial charge in [-0.3, -0.25) is 9.59 Å². The first-order chi connectivity index (χ1) is 9.97. The van der Waals surface area contributed by atoms with Crippen molar-refractivity contribution in [2.45, 2.75) is 6.04 Å². The maximum absolute atomic E-state index is 11.8. The Morgan fingerprint density at radius 2 is 2.10 bits per heavy atom. The van der Waals surface area contributed by atoms with Gasteiger partial charge < -0.3 is 20.5 Å². The molecule has 0 aliphatic rings. The van der Waals surface area contributed by atoms with Gasteiger partial charge in [-0.25, -0.2) is 4.79 Å². The second-order valence-corrected chi connectivity index (χ2v) is 4.46. The number of halogens is 1. The van der Waals surface area contributed by atoms with Gasteiger partial charge in [-0.1, -0.05) is 17.7 Å². The maximum Gasteiger partial charge on any atom is 0.330 e. The summed E-state index contributed by atoms with van der Waals surface area (Å²) in [6.45, 7) is -0.945. The van der Waals surface area contributed by atoms with Crippen LogP contribution in [0.1, 0.15) is 10.4 Å². The van der Waals surface area contributed by atoms with Crippen LogP contribution >= 0.6 is 11.6 Å². The van der Waals surface area contributed by atoms with Crippen LogP contribution in [-0.4, -0.2) is 49.2 Å². The molecule has 2 amide bonds. The molecule has 1 aromatic carbocycles. The predicted octanol–water partition coefficient (Wildman–Crippen LogP) is -0.280. The van der Waals surface area contributed by atoms with Gasteiger partial charge in [-0.2, -0.15) is 0 Å². The summed E-state index contributed by atoms with van der Waals surface area (Å²) in [5.74, 6) is -1.88. The summed E-state index contributed by atoms with van der Waals surface area (Å²) in [4.78, 5) is 34.5. The lowest BCUT2D eigenvalue weighted by atomic mass is 10.2. The average Bonchev–Trinajstić information content (AvgIpc) is 2.49. The number of hydrogen-bond acceptors (Lipinski definition) is 5. The summed E-state index contributed by atoms with van der Waals surface area (Å²) in [6.07, 6.45) is 0. The van der Waals surface area contributed by atoms with Crippen LogP contribution in [0.2, 0.25) is 5.02 Å². The fraction of sp³-hybridized carbons (Fsp3) is 0.308. The molecule has 3 N–H and O–H groups in total. The molecule has 0 saturated carbocycles. The van der Waals surface area contributed by atoms with Crippen molar-refractivity contribution in [2.24, 2.45) is 0 Å². The van der Waals surface area contributed by atoms with Crippen molar-refractivity contribution in [3.63, 3.8) is 0 Å². The van der Waals surface area contributed by atoms with E-state index in [1.54, 1.807) is 18.2 Å². The van der Waals surface area contributed by atoms with Crippen molar-refractivity contribution >= 4 is 29.4 Å². The zero-order valence-corrected chi connectivity index (χ0v) is 12.0. The van der Waals surface area contributed by atoms with Crippen LogP contribution in [0.15, 0.2) is 24.3 Å². The summed E-state index contributed by atoms with van der Waals surface area (Å²) in [5.41, 5.74) is 0.307. The molecule has 0 aliphatic carbocycles. The van der Waals surface area contributed by atoms with E-state index in [0.29, 0.717) is 10.6 Å². The van der Waals surface area contributed by atoms with Crippen molar-refractivity contribution in [1.82, 2.24) is 10.6 Å². The Hall–Kier alpha value is -2.12. The highest BCUT2D eigenvalue weighted by atomic mass is 35.5. The lowest BCUT2D eigenvalue weighted by Gasteiger charge is -2.14. The van der Waals surface area contributed by atoms with E-state index in [1.165, 1.54) is 6.07 Å². The van der Waals surface area contributed by atoms with E-state index in [0.717, 1.165) is 7.11 Å². The van der Waals surface area contributed by atoms with E-state index in [-0.39, 0.29) is 6.54 Å². The van der Waals surface area contributed by atoms with E-state index in [1.807, 2.05) is 0 Å². The monoisotopic (exact) mass is 314 g/mol. The molecule has 1 unspecified atom stereocenters. The van der Waals surface area contributed by atoms with E-state index in [2.05, 4.69) is 15.4 Å². The van der Waals surface area contributed by atoms with Gasteiger partial charge in [-0.05, 0) is 18.2 Å². The molecule has 0 bridgehead atoms. The molecule has 0 spiro atoms. The summed E-state index contributed by atoms with van der Waals surface area (Å²) in [7, 11) is 1.14. The lowest BCUT2D eigenvalue weighted by Crippen LogP contribution is -2.47. The second kappa shape index (κ2) is 8.23. The molecule has 114 valence electrons. The number of esters is 1. The molecule has 0 radical (unpaired) electrons. The Kier molecular flexibility index (Phi) is 6.64. The molecule has 0 aromatic heterocycles. The van der Waals surface area contributed by atoms with Gasteiger partial charge in [0.05, 0.1) is 20.3 Å². The second-order valence-electron chi connectivity index (χ2n) is 4.02. The van der Waals surface area contributed by atoms with Crippen molar-refractivity contribution in [3.8, 4) is 0 Å². The SMILES string of the molecule is COC(=O)C(CO)NC(=O)CNC(=O)c1cccc(Cl)c1. The Morgan fingerprint density at radius 1 is 1.38 bits per heavy atom. The third kappa shape index (κ3) is 5.41. The molecule has 0 fully saturated rings. The number of carbonyl (C=O) groups is 3. The number of rotatable bonds is 6. The Bertz CT molecular complexity index is 535. The molecule has 21 heavy (non-hydrogen) atoms. The van der Waals surface area contributed by atoms with Gasteiger partial charge in [0, 0.05) is 10.6 Å². The number of nitrogens with one attached hydrogen (secondary N) is 2. The van der Waals surface area contributed by atoms with Crippen LogP contribution < -0.4 is 10.6 Å². The van der Waals surface area contributed by atoms with Crippen LogP contribution in [0.3, 0.4) is 0 Å². The molecule has 1 rings (SSSR count). The van der Waals surface area contributed by atoms with Crippen molar-refractivity contribution in [1.29, 1.82) is 0 Å². The first-order valence-corrected chi connectivity index (χ1v) is 6.37. The fourth-order valence-corrected chi connectivity index (χ4v) is 1.65. The summed E-state index contributed by atoms with van der Waals surface area (Å²) < 4.78 is 4.40. The average molecular weight is 315 g/mol. The highest BCUT2D eigenvalue weighted by Gasteiger charge is 2.20. The Balaban J connectivity index is 2.49. The Labute approximate surface area is 126 Å². The van der Waals surface area contributed by atoms with Crippen molar-refractivity contribution < 1.29 is 24.2 Å². The minimum absolute atomic E-state index is 0.307. The number of methoxy groups -OCH3 is 1. The first kappa shape index (κ1) is 16.9. The van der Waals surface area contributed by atoms with Crippen LogP contribution in [0.5, 0.6) is 0 Å². The normalized spacial score (nSPS) is 11.4. The molecule has 0 saturated heterocycles. The van der Waals surface area contributed by atoms with Crippen molar-refractivity contribution in [2.75, 3.05) is 20.3 Å². The van der Waals surface area contributed by atoms with Crippen LogP contribution in [0.4, 0.5) is 0 Å². The highest BCUT2D eigenvalue weighted by Crippen LogP contribution is 2.10. The summed E-state index contributed by atoms with van der Waals surface area (Å²) in [5, 5.41) is 13.9. The molecule has 1 aromatic rings. The van der Waals surface area contributed by atoms with Gasteiger partial charge >= 0.3 is 5.97 Å². The van der Waals surface area contributed by atoms with Crippen LogP contribution in [0, 0.1) is 0 Å². The van der Waals surface area contributed by atoms with E-state index < -0.39 is 30.4 Å². The first-order valence-electron chi connectivity index (χ1n) is 5.99. The molecular weight excluding hydrogens is 300 g/mol. The number of aliphatic hydroxyl groups excluding tert-OH is 1. The third-order valence-electron chi connectivity index (χ3n) is 2.50. The third-order valence-corrected chi connectivity index (χ3v) is 2.73. The molecule has 8 heteroatoms. The minimum Gasteiger partial charge on any atom is -0.467 e. The standard InChI is InChI=1S/C13H15ClN2O5/c1-21-13(20)10(7-17)16-11(18)6-15-12(19)8-3-2-4-9(14)5-8/h2-5,10,17H,6-7H2,1H3,(H,15,19)(H,16,18). The topological polar surface area (TPSA) is 105 Å². The van der Waals surface area contributed by atoms with E-state index in [4.69, 9.17) is 16.7 Å². The molecule has 7 nitrogen and oxygen atoms in total. The number of aliphatic hydroxyl groups is 1. The number of hydrogen-bond donors (Lipinski definition) is 3. The number of amides is 2. The van der Waals surface area contributed by atoms with Crippen LogP contribution in [0.25, 0.3) is 0 Å². The van der Waals surface area contributed by atoms with Crippen molar-refractivity contribution in [3.05, 3.63) is 34.9 Å². The lowest BCUT2D eigenvalue weighted by molar-refractivity contribution is -0.146.